The molecule has 0 N–H and O–H groups in total. The number of imidazole rings is 1. The predicted molar refractivity (Wildman–Crippen MR) is 49.9 cm³/mol. The van der Waals surface area contributed by atoms with Gasteiger partial charge in [-0.2, -0.15) is 0 Å². The van der Waals surface area contributed by atoms with Gasteiger partial charge in [0.25, 0.3) is 0 Å². The molecule has 0 spiro atoms. The Morgan fingerprint density at radius 2 is 2.25 bits per heavy atom. The number of hydrogen-bond acceptors (Lipinski definition) is 1. The van der Waals surface area contributed by atoms with Crippen LogP contribution in [0.3, 0.4) is 0 Å². The molecule has 1 aromatic rings. The van der Waals surface area contributed by atoms with Crippen molar-refractivity contribution in [3.05, 3.63) is 18.2 Å². The molecule has 2 heteroatoms. The minimum atomic E-state index is 1.08. The Morgan fingerprint density at radius 1 is 1.42 bits per heavy atom. The van der Waals surface area contributed by atoms with E-state index in [4.69, 9.17) is 0 Å². The highest BCUT2D eigenvalue weighted by molar-refractivity contribution is 4.86. The van der Waals surface area contributed by atoms with Crippen LogP contribution in [0, 0.1) is 13.1 Å². The van der Waals surface area contributed by atoms with E-state index in [0.717, 1.165) is 12.4 Å². The summed E-state index contributed by atoms with van der Waals surface area (Å²) in [4.78, 5) is 4.12. The summed E-state index contributed by atoms with van der Waals surface area (Å²) in [5, 5.41) is 0. The summed E-state index contributed by atoms with van der Waals surface area (Å²) in [5.41, 5.74) is 0. The number of rotatable bonds is 5. The van der Waals surface area contributed by atoms with Gasteiger partial charge in [-0.25, -0.2) is 4.98 Å². The molecule has 0 saturated carbocycles. The average Bonchev–Trinajstić information content (AvgIpc) is 2.46. The van der Waals surface area contributed by atoms with E-state index in [9.17, 15) is 0 Å². The summed E-state index contributed by atoms with van der Waals surface area (Å²) < 4.78 is 2.09. The maximum atomic E-state index is 4.12. The molecule has 12 heavy (non-hydrogen) atoms. The Morgan fingerprint density at radius 3 is 2.83 bits per heavy atom. The molecule has 0 aliphatic carbocycles. The minimum Gasteiger partial charge on any atom is -0.327 e. The van der Waals surface area contributed by atoms with E-state index in [-0.39, 0.29) is 0 Å². The van der Waals surface area contributed by atoms with Crippen LogP contribution in [-0.4, -0.2) is 9.55 Å². The normalized spacial score (nSPS) is 10.5. The molecule has 0 aliphatic heterocycles. The molecular weight excluding hydrogens is 148 g/mol. The minimum absolute atomic E-state index is 1.08. The highest BCUT2D eigenvalue weighted by Gasteiger charge is 1.95. The molecular formula is C10H17N2. The zero-order chi connectivity index (χ0) is 8.81. The lowest BCUT2D eigenvalue weighted by Gasteiger charge is -2.02. The molecule has 1 radical (unpaired) electrons. The quantitative estimate of drug-likeness (QED) is 0.613. The lowest BCUT2D eigenvalue weighted by molar-refractivity contribution is 0.571. The topological polar surface area (TPSA) is 17.8 Å². The second-order valence-electron chi connectivity index (χ2n) is 3.15. The van der Waals surface area contributed by atoms with Gasteiger partial charge in [0.15, 0.2) is 0 Å². The molecule has 0 amide bonds. The van der Waals surface area contributed by atoms with Crippen molar-refractivity contribution in [3.8, 4) is 0 Å². The van der Waals surface area contributed by atoms with E-state index >= 15 is 0 Å². The molecule has 0 bridgehead atoms. The van der Waals surface area contributed by atoms with Crippen LogP contribution < -0.4 is 0 Å². The second kappa shape index (κ2) is 4.96. The van der Waals surface area contributed by atoms with Crippen molar-refractivity contribution in [2.24, 2.45) is 0 Å². The lowest BCUT2D eigenvalue weighted by Crippen LogP contribution is -1.99. The van der Waals surface area contributed by atoms with E-state index in [2.05, 4.69) is 22.7 Å². The Kier molecular flexibility index (Phi) is 3.85. The Labute approximate surface area is 74.6 Å². The van der Waals surface area contributed by atoms with Crippen molar-refractivity contribution in [1.29, 1.82) is 0 Å². The summed E-state index contributed by atoms with van der Waals surface area (Å²) in [6.07, 6.45) is 10.0. The fourth-order valence-electron chi connectivity index (χ4n) is 1.28. The average molecular weight is 165 g/mol. The number of aromatic nitrogens is 2. The van der Waals surface area contributed by atoms with Crippen molar-refractivity contribution in [2.75, 3.05) is 0 Å². The lowest BCUT2D eigenvalue weighted by atomic mass is 10.2. The SMILES string of the molecule is CCCCCCn1[c]cnc1C. The van der Waals surface area contributed by atoms with E-state index in [1.807, 2.05) is 6.92 Å². The fourth-order valence-corrected chi connectivity index (χ4v) is 1.28. The molecule has 0 unspecified atom stereocenters. The van der Waals surface area contributed by atoms with Gasteiger partial charge in [-0.05, 0) is 13.3 Å². The number of unbranched alkanes of at least 4 members (excludes halogenated alkanes) is 3. The van der Waals surface area contributed by atoms with Gasteiger partial charge < -0.3 is 4.57 Å². The van der Waals surface area contributed by atoms with Crippen LogP contribution in [0.1, 0.15) is 38.4 Å². The van der Waals surface area contributed by atoms with Gasteiger partial charge in [0.2, 0.25) is 0 Å². The molecule has 1 aromatic heterocycles. The first-order valence-electron chi connectivity index (χ1n) is 4.74. The first-order valence-corrected chi connectivity index (χ1v) is 4.74. The molecule has 0 aromatic carbocycles. The van der Waals surface area contributed by atoms with Gasteiger partial charge in [0.05, 0.1) is 12.4 Å². The highest BCUT2D eigenvalue weighted by atomic mass is 15.0. The highest BCUT2D eigenvalue weighted by Crippen LogP contribution is 2.02. The third kappa shape index (κ3) is 2.68. The summed E-state index contributed by atoms with van der Waals surface area (Å²) >= 11 is 0. The second-order valence-corrected chi connectivity index (χ2v) is 3.15. The van der Waals surface area contributed by atoms with Crippen LogP contribution >= 0.6 is 0 Å². The fraction of sp³-hybridized carbons (Fsp3) is 0.700. The standard InChI is InChI=1S/C10H17N2/c1-3-4-5-6-8-12-9-7-11-10(12)2/h7H,3-6,8H2,1-2H3. The largest absolute Gasteiger partial charge is 0.327 e. The molecule has 1 rings (SSSR count). The van der Waals surface area contributed by atoms with Crippen LogP contribution in [-0.2, 0) is 6.54 Å². The van der Waals surface area contributed by atoms with E-state index in [0.29, 0.717) is 0 Å². The van der Waals surface area contributed by atoms with Crippen molar-refractivity contribution in [3.63, 3.8) is 0 Å². The Bertz CT molecular complexity index is 215. The molecule has 2 nitrogen and oxygen atoms in total. The number of hydrogen-bond donors (Lipinski definition) is 0. The van der Waals surface area contributed by atoms with Gasteiger partial charge in [0.1, 0.15) is 5.82 Å². The summed E-state index contributed by atoms with van der Waals surface area (Å²) in [6.45, 7) is 5.33. The molecule has 0 atom stereocenters. The van der Waals surface area contributed by atoms with Crippen molar-refractivity contribution >= 4 is 0 Å². The monoisotopic (exact) mass is 165 g/mol. The molecule has 0 aliphatic rings. The van der Waals surface area contributed by atoms with E-state index in [1.54, 1.807) is 6.20 Å². The number of aryl methyl sites for hydroxylation is 2. The Balaban J connectivity index is 2.20. The zero-order valence-corrected chi connectivity index (χ0v) is 8.01. The van der Waals surface area contributed by atoms with E-state index in [1.165, 1.54) is 25.7 Å². The Hall–Kier alpha value is -0.790. The van der Waals surface area contributed by atoms with Gasteiger partial charge in [-0.1, -0.05) is 26.2 Å². The van der Waals surface area contributed by atoms with Gasteiger partial charge >= 0.3 is 0 Å². The molecule has 0 saturated heterocycles. The maximum absolute atomic E-state index is 4.12. The van der Waals surface area contributed by atoms with Crippen LogP contribution in [0.4, 0.5) is 0 Å². The summed E-state index contributed by atoms with van der Waals surface area (Å²) in [7, 11) is 0. The van der Waals surface area contributed by atoms with Crippen molar-refractivity contribution < 1.29 is 0 Å². The molecule has 67 valence electrons. The van der Waals surface area contributed by atoms with Gasteiger partial charge in [0, 0.05) is 6.54 Å². The van der Waals surface area contributed by atoms with Crippen LogP contribution in [0.2, 0.25) is 0 Å². The number of nitrogens with zero attached hydrogens (tertiary/aromatic N) is 2. The zero-order valence-electron chi connectivity index (χ0n) is 8.01. The summed E-state index contributed by atoms with van der Waals surface area (Å²) in [6, 6.07) is 0. The van der Waals surface area contributed by atoms with Crippen molar-refractivity contribution in [2.45, 2.75) is 46.1 Å². The van der Waals surface area contributed by atoms with Crippen LogP contribution in [0.15, 0.2) is 6.20 Å². The van der Waals surface area contributed by atoms with Crippen LogP contribution in [0.5, 0.6) is 0 Å². The molecule has 0 fully saturated rings. The third-order valence-electron chi connectivity index (χ3n) is 2.09. The molecule has 1 heterocycles. The maximum Gasteiger partial charge on any atom is 0.106 e. The third-order valence-corrected chi connectivity index (χ3v) is 2.09. The van der Waals surface area contributed by atoms with Crippen LogP contribution in [0.25, 0.3) is 0 Å². The van der Waals surface area contributed by atoms with Gasteiger partial charge in [-0.3, -0.25) is 0 Å². The van der Waals surface area contributed by atoms with Gasteiger partial charge in [-0.15, -0.1) is 0 Å². The predicted octanol–water partition coefficient (Wildman–Crippen LogP) is 2.57. The van der Waals surface area contributed by atoms with E-state index < -0.39 is 0 Å². The summed E-state index contributed by atoms with van der Waals surface area (Å²) in [5.74, 6) is 1.08. The first kappa shape index (κ1) is 9.30. The first-order chi connectivity index (χ1) is 5.84. The van der Waals surface area contributed by atoms with Crippen molar-refractivity contribution in [1.82, 2.24) is 9.55 Å². The smallest absolute Gasteiger partial charge is 0.106 e.